The number of hydrogen-bond donors (Lipinski definition) is 0. The number of furan rings is 1. The van der Waals surface area contributed by atoms with Crippen LogP contribution in [0.2, 0.25) is 0 Å². The van der Waals surface area contributed by atoms with Crippen LogP contribution in [0.5, 0.6) is 5.75 Å². The molecule has 0 saturated heterocycles. The van der Waals surface area contributed by atoms with E-state index in [1.54, 1.807) is 6.26 Å². The van der Waals surface area contributed by atoms with Gasteiger partial charge in [0, 0.05) is 10.9 Å². The Morgan fingerprint density at radius 3 is 2.67 bits per heavy atom. The van der Waals surface area contributed by atoms with Crippen molar-refractivity contribution >= 4 is 11.0 Å². The Morgan fingerprint density at radius 2 is 2.06 bits per heavy atom. The molecule has 0 spiro atoms. The molecule has 0 radical (unpaired) electrons. The van der Waals surface area contributed by atoms with Crippen LogP contribution in [0.3, 0.4) is 0 Å². The van der Waals surface area contributed by atoms with Gasteiger partial charge in [-0.3, -0.25) is 0 Å². The highest BCUT2D eigenvalue weighted by molar-refractivity contribution is 5.83. The molecular weight excluding hydrogens is 245 g/mol. The van der Waals surface area contributed by atoms with E-state index in [1.807, 2.05) is 13.8 Å². The predicted octanol–water partition coefficient (Wildman–Crippen LogP) is 4.84. The number of fused-ring (bicyclic) bond motifs is 1. The zero-order valence-electron chi connectivity index (χ0n) is 10.0. The van der Waals surface area contributed by atoms with Gasteiger partial charge in [0.25, 0.3) is 0 Å². The van der Waals surface area contributed by atoms with Gasteiger partial charge in [-0.1, -0.05) is 13.8 Å². The van der Waals surface area contributed by atoms with E-state index in [4.69, 9.17) is 4.42 Å². The molecule has 2 rings (SSSR count). The number of ether oxygens (including phenoxy) is 1. The minimum Gasteiger partial charge on any atom is -0.464 e. The molecule has 98 valence electrons. The van der Waals surface area contributed by atoms with Crippen molar-refractivity contribution in [3.63, 3.8) is 0 Å². The molecular formula is C13H13F3O2. The van der Waals surface area contributed by atoms with E-state index in [0.29, 0.717) is 11.0 Å². The highest BCUT2D eigenvalue weighted by Crippen LogP contribution is 2.33. The van der Waals surface area contributed by atoms with Crippen molar-refractivity contribution in [2.45, 2.75) is 32.5 Å². The molecule has 1 aromatic heterocycles. The summed E-state index contributed by atoms with van der Waals surface area (Å²) in [6.45, 7) is 4.02. The van der Waals surface area contributed by atoms with E-state index in [0.717, 1.165) is 12.0 Å². The first kappa shape index (κ1) is 12.8. The molecule has 1 atom stereocenters. The quantitative estimate of drug-likeness (QED) is 0.785. The lowest BCUT2D eigenvalue weighted by Crippen LogP contribution is -2.16. The molecule has 0 aliphatic heterocycles. The molecule has 1 aromatic carbocycles. The molecule has 0 aliphatic carbocycles. The molecule has 0 fully saturated rings. The number of alkyl halides is 3. The van der Waals surface area contributed by atoms with Crippen LogP contribution in [0.1, 0.15) is 31.7 Å². The lowest BCUT2D eigenvalue weighted by molar-refractivity contribution is -0.274. The minimum atomic E-state index is -4.67. The molecule has 2 nitrogen and oxygen atoms in total. The van der Waals surface area contributed by atoms with Gasteiger partial charge < -0.3 is 9.15 Å². The van der Waals surface area contributed by atoms with Crippen LogP contribution in [0.25, 0.3) is 11.0 Å². The standard InChI is InChI=1S/C13H13F3O2/c1-3-8(2)11-7-17-12-5-4-9(6-10(11)12)18-13(14,15)16/h4-8H,3H2,1-2H3. The molecule has 0 N–H and O–H groups in total. The van der Waals surface area contributed by atoms with Gasteiger partial charge in [0.05, 0.1) is 6.26 Å². The van der Waals surface area contributed by atoms with Gasteiger partial charge in [0.1, 0.15) is 11.3 Å². The third-order valence-corrected chi connectivity index (χ3v) is 2.95. The Balaban J connectivity index is 2.42. The second-order valence-electron chi connectivity index (χ2n) is 4.21. The Labute approximate surface area is 102 Å². The first-order valence-electron chi connectivity index (χ1n) is 5.67. The Hall–Kier alpha value is -1.65. The van der Waals surface area contributed by atoms with E-state index in [9.17, 15) is 13.2 Å². The topological polar surface area (TPSA) is 22.4 Å². The largest absolute Gasteiger partial charge is 0.573 e. The van der Waals surface area contributed by atoms with Gasteiger partial charge in [-0.2, -0.15) is 0 Å². The molecule has 0 aliphatic rings. The summed E-state index contributed by atoms with van der Waals surface area (Å²) in [4.78, 5) is 0. The Bertz CT molecular complexity index is 543. The van der Waals surface area contributed by atoms with Gasteiger partial charge in [0.15, 0.2) is 0 Å². The number of halogens is 3. The monoisotopic (exact) mass is 258 g/mol. The third kappa shape index (κ3) is 2.60. The molecule has 1 heterocycles. The highest BCUT2D eigenvalue weighted by atomic mass is 19.4. The molecule has 18 heavy (non-hydrogen) atoms. The maximum atomic E-state index is 12.1. The minimum absolute atomic E-state index is 0.221. The second-order valence-corrected chi connectivity index (χ2v) is 4.21. The van der Waals surface area contributed by atoms with Crippen LogP contribution in [-0.2, 0) is 0 Å². The molecule has 0 amide bonds. The lowest BCUT2D eigenvalue weighted by atomic mass is 9.98. The van der Waals surface area contributed by atoms with Crippen LogP contribution >= 0.6 is 0 Å². The van der Waals surface area contributed by atoms with Crippen LogP contribution in [0.15, 0.2) is 28.9 Å². The van der Waals surface area contributed by atoms with E-state index in [1.165, 1.54) is 18.2 Å². The van der Waals surface area contributed by atoms with E-state index in [2.05, 4.69) is 4.74 Å². The van der Waals surface area contributed by atoms with Gasteiger partial charge in [0.2, 0.25) is 0 Å². The summed E-state index contributed by atoms with van der Waals surface area (Å²) in [5.74, 6) is 0.00772. The first-order chi connectivity index (χ1) is 8.40. The van der Waals surface area contributed by atoms with Crippen LogP contribution in [0.4, 0.5) is 13.2 Å². The van der Waals surface area contributed by atoms with Crippen molar-refractivity contribution in [2.75, 3.05) is 0 Å². The predicted molar refractivity (Wildman–Crippen MR) is 61.6 cm³/mol. The van der Waals surface area contributed by atoms with Crippen molar-refractivity contribution in [2.24, 2.45) is 0 Å². The fraction of sp³-hybridized carbons (Fsp3) is 0.385. The summed E-state index contributed by atoms with van der Waals surface area (Å²) >= 11 is 0. The van der Waals surface area contributed by atoms with Gasteiger partial charge in [-0.25, -0.2) is 0 Å². The Morgan fingerprint density at radius 1 is 1.33 bits per heavy atom. The smallest absolute Gasteiger partial charge is 0.464 e. The van der Waals surface area contributed by atoms with Gasteiger partial charge in [-0.15, -0.1) is 13.2 Å². The van der Waals surface area contributed by atoms with Crippen LogP contribution < -0.4 is 4.74 Å². The zero-order valence-corrected chi connectivity index (χ0v) is 10.0. The van der Waals surface area contributed by atoms with E-state index in [-0.39, 0.29) is 11.7 Å². The Kier molecular flexibility index (Phi) is 3.24. The second kappa shape index (κ2) is 4.55. The molecule has 1 unspecified atom stereocenters. The van der Waals surface area contributed by atoms with Crippen molar-refractivity contribution in [3.05, 3.63) is 30.0 Å². The SMILES string of the molecule is CCC(C)c1coc2ccc(OC(F)(F)F)cc12. The summed E-state index contributed by atoms with van der Waals surface area (Å²) in [6, 6.07) is 4.11. The maximum absolute atomic E-state index is 12.1. The summed E-state index contributed by atoms with van der Waals surface area (Å²) in [7, 11) is 0. The molecule has 0 bridgehead atoms. The highest BCUT2D eigenvalue weighted by Gasteiger charge is 2.31. The average Bonchev–Trinajstić information content (AvgIpc) is 2.69. The van der Waals surface area contributed by atoms with Crippen LogP contribution in [-0.4, -0.2) is 6.36 Å². The van der Waals surface area contributed by atoms with Gasteiger partial charge >= 0.3 is 6.36 Å². The zero-order chi connectivity index (χ0) is 13.3. The summed E-state index contributed by atoms with van der Waals surface area (Å²) in [5, 5.41) is 0.672. The molecule has 5 heteroatoms. The molecule has 0 saturated carbocycles. The third-order valence-electron chi connectivity index (χ3n) is 2.95. The van der Waals surface area contributed by atoms with E-state index < -0.39 is 6.36 Å². The van der Waals surface area contributed by atoms with Crippen molar-refractivity contribution < 1.29 is 22.3 Å². The average molecular weight is 258 g/mol. The normalized spacial score (nSPS) is 13.8. The summed E-state index contributed by atoms with van der Waals surface area (Å²) in [5.41, 5.74) is 1.47. The summed E-state index contributed by atoms with van der Waals surface area (Å²) in [6.07, 6.45) is -2.19. The van der Waals surface area contributed by atoms with Crippen molar-refractivity contribution in [1.82, 2.24) is 0 Å². The number of rotatable bonds is 3. The van der Waals surface area contributed by atoms with Gasteiger partial charge in [-0.05, 0) is 30.5 Å². The van der Waals surface area contributed by atoms with E-state index >= 15 is 0 Å². The fourth-order valence-corrected chi connectivity index (χ4v) is 1.83. The number of benzene rings is 1. The first-order valence-corrected chi connectivity index (χ1v) is 5.67. The fourth-order valence-electron chi connectivity index (χ4n) is 1.83. The lowest BCUT2D eigenvalue weighted by Gasteiger charge is -2.09. The van der Waals surface area contributed by atoms with Crippen molar-refractivity contribution in [1.29, 1.82) is 0 Å². The van der Waals surface area contributed by atoms with Crippen molar-refractivity contribution in [3.8, 4) is 5.75 Å². The summed E-state index contributed by atoms with van der Waals surface area (Å²) < 4.78 is 45.7. The molecule has 2 aromatic rings. The number of hydrogen-bond acceptors (Lipinski definition) is 2. The van der Waals surface area contributed by atoms with Crippen LogP contribution in [0, 0.1) is 0 Å². The maximum Gasteiger partial charge on any atom is 0.573 e.